The maximum Gasteiger partial charge on any atom is 0.251 e. The summed E-state index contributed by atoms with van der Waals surface area (Å²) >= 11 is 1.83. The number of hydrogen-bond donors (Lipinski definition) is 1. The topological polar surface area (TPSA) is 41.6 Å². The van der Waals surface area contributed by atoms with Gasteiger partial charge in [-0.25, -0.2) is 0 Å². The normalized spacial score (nSPS) is 31.3. The number of ether oxygens (including phenoxy) is 1. The molecule has 1 aromatic heterocycles. The number of rotatable bonds is 5. The smallest absolute Gasteiger partial charge is 0.251 e. The summed E-state index contributed by atoms with van der Waals surface area (Å²) in [5, 5.41) is 5.36. The Labute approximate surface area is 170 Å². The monoisotopic (exact) mass is 396 g/mol. The van der Waals surface area contributed by atoms with E-state index in [9.17, 15) is 4.79 Å². The number of fused-ring (bicyclic) bond motifs is 1. The molecular formula is C23H28N2O2S. The maximum absolute atomic E-state index is 12.7. The summed E-state index contributed by atoms with van der Waals surface area (Å²) in [5.74, 6) is 0.997. The van der Waals surface area contributed by atoms with Crippen LogP contribution in [0.2, 0.25) is 0 Å². The maximum atomic E-state index is 12.7. The van der Waals surface area contributed by atoms with E-state index in [4.69, 9.17) is 4.74 Å². The van der Waals surface area contributed by atoms with Crippen molar-refractivity contribution in [2.45, 2.75) is 44.9 Å². The van der Waals surface area contributed by atoms with E-state index in [-0.39, 0.29) is 11.5 Å². The van der Waals surface area contributed by atoms with Crippen molar-refractivity contribution < 1.29 is 9.53 Å². The second-order valence-corrected chi connectivity index (χ2v) is 9.82. The van der Waals surface area contributed by atoms with E-state index < -0.39 is 0 Å². The summed E-state index contributed by atoms with van der Waals surface area (Å²) in [5.41, 5.74) is 3.16. The summed E-state index contributed by atoms with van der Waals surface area (Å²) in [4.78, 5) is 16.7. The molecule has 1 aromatic carbocycles. The lowest BCUT2D eigenvalue weighted by atomic mass is 9.73. The Balaban J connectivity index is 1.25. The van der Waals surface area contributed by atoms with Gasteiger partial charge in [0.15, 0.2) is 0 Å². The Morgan fingerprint density at radius 3 is 3.00 bits per heavy atom. The minimum Gasteiger partial charge on any atom is -0.370 e. The van der Waals surface area contributed by atoms with Crippen molar-refractivity contribution >= 4 is 17.2 Å². The molecule has 1 spiro atoms. The van der Waals surface area contributed by atoms with Crippen LogP contribution in [0, 0.1) is 25.7 Å². The molecule has 0 aliphatic carbocycles. The Morgan fingerprint density at radius 1 is 1.32 bits per heavy atom. The van der Waals surface area contributed by atoms with Gasteiger partial charge in [0.1, 0.15) is 0 Å². The predicted molar refractivity (Wildman–Crippen MR) is 112 cm³/mol. The zero-order valence-corrected chi connectivity index (χ0v) is 17.4. The molecule has 5 heteroatoms. The highest BCUT2D eigenvalue weighted by Crippen LogP contribution is 2.54. The molecule has 4 atom stereocenters. The summed E-state index contributed by atoms with van der Waals surface area (Å²) < 4.78 is 6.53. The molecule has 3 aliphatic rings. The van der Waals surface area contributed by atoms with Gasteiger partial charge in [-0.3, -0.25) is 9.69 Å². The first kappa shape index (κ1) is 18.3. The molecule has 1 N–H and O–H groups in total. The van der Waals surface area contributed by atoms with E-state index in [1.165, 1.54) is 16.9 Å². The SMILES string of the molecule is Cc1ccc(C(=O)NC[C@H]2[C@H]3CN(Cc4cccs4)C[C@]34CC[C@H]2O4)cc1C. The van der Waals surface area contributed by atoms with Gasteiger partial charge < -0.3 is 10.1 Å². The van der Waals surface area contributed by atoms with Crippen LogP contribution >= 0.6 is 11.3 Å². The molecule has 148 valence electrons. The molecule has 3 saturated heterocycles. The summed E-state index contributed by atoms with van der Waals surface area (Å²) in [6.07, 6.45) is 2.62. The zero-order chi connectivity index (χ0) is 19.3. The summed E-state index contributed by atoms with van der Waals surface area (Å²) in [6.45, 7) is 7.99. The molecule has 3 aliphatic heterocycles. The van der Waals surface area contributed by atoms with Crippen LogP contribution in [0.1, 0.15) is 39.2 Å². The predicted octanol–water partition coefficient (Wildman–Crippen LogP) is 3.77. The highest BCUT2D eigenvalue weighted by molar-refractivity contribution is 7.09. The lowest BCUT2D eigenvalue weighted by molar-refractivity contribution is 0.00219. The number of amides is 1. The van der Waals surface area contributed by atoms with Gasteiger partial charge in [-0.05, 0) is 61.4 Å². The molecule has 2 bridgehead atoms. The van der Waals surface area contributed by atoms with E-state index in [2.05, 4.69) is 41.6 Å². The first-order chi connectivity index (χ1) is 13.5. The van der Waals surface area contributed by atoms with Gasteiger partial charge in [-0.2, -0.15) is 0 Å². The fourth-order valence-electron chi connectivity index (χ4n) is 5.50. The molecule has 1 amide bonds. The summed E-state index contributed by atoms with van der Waals surface area (Å²) in [6, 6.07) is 10.3. The third-order valence-corrected chi connectivity index (χ3v) is 7.94. The number of carbonyl (C=O) groups excluding carboxylic acids is 1. The van der Waals surface area contributed by atoms with Crippen molar-refractivity contribution in [3.05, 3.63) is 57.3 Å². The quantitative estimate of drug-likeness (QED) is 0.836. The fraction of sp³-hybridized carbons (Fsp3) is 0.522. The highest BCUT2D eigenvalue weighted by Gasteiger charge is 2.62. The second-order valence-electron chi connectivity index (χ2n) is 8.79. The van der Waals surface area contributed by atoms with Crippen molar-refractivity contribution in [2.75, 3.05) is 19.6 Å². The average Bonchev–Trinajstić information content (AvgIpc) is 3.43. The van der Waals surface area contributed by atoms with E-state index in [1.807, 2.05) is 29.5 Å². The number of thiophene rings is 1. The number of hydrogen-bond acceptors (Lipinski definition) is 4. The van der Waals surface area contributed by atoms with Gasteiger partial charge in [0.05, 0.1) is 11.7 Å². The fourth-order valence-corrected chi connectivity index (χ4v) is 6.24. The Bertz CT molecular complexity index is 881. The first-order valence-electron chi connectivity index (χ1n) is 10.3. The number of nitrogens with zero attached hydrogens (tertiary/aromatic N) is 1. The molecule has 4 nitrogen and oxygen atoms in total. The largest absolute Gasteiger partial charge is 0.370 e. The minimum atomic E-state index is 0.0256. The molecule has 2 aromatic rings. The molecule has 28 heavy (non-hydrogen) atoms. The van der Waals surface area contributed by atoms with Gasteiger partial charge >= 0.3 is 0 Å². The van der Waals surface area contributed by atoms with E-state index in [1.54, 1.807) is 0 Å². The van der Waals surface area contributed by atoms with Gasteiger partial charge in [0.2, 0.25) is 0 Å². The van der Waals surface area contributed by atoms with Crippen LogP contribution in [0.15, 0.2) is 35.7 Å². The van der Waals surface area contributed by atoms with E-state index in [0.29, 0.717) is 17.9 Å². The van der Waals surface area contributed by atoms with Crippen molar-refractivity contribution in [3.63, 3.8) is 0 Å². The first-order valence-corrected chi connectivity index (χ1v) is 11.2. The second kappa shape index (κ2) is 6.97. The van der Waals surface area contributed by atoms with Crippen LogP contribution in [0.25, 0.3) is 0 Å². The molecular weight excluding hydrogens is 368 g/mol. The molecule has 0 unspecified atom stereocenters. The number of benzene rings is 1. The lowest BCUT2D eigenvalue weighted by Gasteiger charge is -2.29. The van der Waals surface area contributed by atoms with Crippen molar-refractivity contribution in [1.82, 2.24) is 10.2 Å². The van der Waals surface area contributed by atoms with E-state index in [0.717, 1.165) is 43.7 Å². The van der Waals surface area contributed by atoms with E-state index >= 15 is 0 Å². The number of nitrogens with one attached hydrogen (secondary N) is 1. The van der Waals surface area contributed by atoms with Gasteiger partial charge in [0.25, 0.3) is 5.91 Å². The lowest BCUT2D eigenvalue weighted by Crippen LogP contribution is -2.41. The highest BCUT2D eigenvalue weighted by atomic mass is 32.1. The third kappa shape index (κ3) is 3.10. The van der Waals surface area contributed by atoms with Crippen LogP contribution in [-0.4, -0.2) is 42.1 Å². The van der Waals surface area contributed by atoms with Crippen molar-refractivity contribution in [1.29, 1.82) is 0 Å². The Kier molecular flexibility index (Phi) is 4.57. The van der Waals surface area contributed by atoms with Crippen LogP contribution < -0.4 is 5.32 Å². The van der Waals surface area contributed by atoms with Gasteiger partial charge in [-0.1, -0.05) is 12.1 Å². The number of aryl methyl sites for hydroxylation is 2. The Morgan fingerprint density at radius 2 is 2.21 bits per heavy atom. The average molecular weight is 397 g/mol. The number of carbonyl (C=O) groups is 1. The number of likely N-dealkylation sites (tertiary alicyclic amines) is 1. The van der Waals surface area contributed by atoms with Crippen LogP contribution in [0.4, 0.5) is 0 Å². The third-order valence-electron chi connectivity index (χ3n) is 7.08. The summed E-state index contributed by atoms with van der Waals surface area (Å²) in [7, 11) is 0. The van der Waals surface area contributed by atoms with Crippen LogP contribution in [0.3, 0.4) is 0 Å². The van der Waals surface area contributed by atoms with Crippen LogP contribution in [-0.2, 0) is 11.3 Å². The molecule has 5 rings (SSSR count). The molecule has 0 radical (unpaired) electrons. The minimum absolute atomic E-state index is 0.0256. The van der Waals surface area contributed by atoms with Crippen molar-refractivity contribution in [2.24, 2.45) is 11.8 Å². The Hall–Kier alpha value is -1.69. The standard InChI is InChI=1S/C23H28N2O2S/c1-15-5-6-17(10-16(15)2)22(26)24-11-19-20-13-25(12-18-4-3-9-28-18)14-23(20)8-7-21(19)27-23/h3-6,9-10,19-21H,7-8,11-14H2,1-2H3,(H,24,26)/t19-,20+,21+,23+/m0/s1. The van der Waals surface area contributed by atoms with Gasteiger partial charge in [0, 0.05) is 48.5 Å². The molecule has 4 heterocycles. The van der Waals surface area contributed by atoms with Gasteiger partial charge in [-0.15, -0.1) is 11.3 Å². The molecule has 3 fully saturated rings. The van der Waals surface area contributed by atoms with Crippen LogP contribution in [0.5, 0.6) is 0 Å². The zero-order valence-electron chi connectivity index (χ0n) is 16.6. The van der Waals surface area contributed by atoms with Crippen molar-refractivity contribution in [3.8, 4) is 0 Å². The molecule has 0 saturated carbocycles.